The summed E-state index contributed by atoms with van der Waals surface area (Å²) >= 11 is 0. The van der Waals surface area contributed by atoms with Crippen molar-refractivity contribution in [3.63, 3.8) is 0 Å². The molecule has 1 aromatic carbocycles. The molecule has 2 heteroatoms. The van der Waals surface area contributed by atoms with Gasteiger partial charge in [0.05, 0.1) is 0 Å². The van der Waals surface area contributed by atoms with Crippen LogP contribution in [0, 0.1) is 0 Å². The third-order valence-electron chi connectivity index (χ3n) is 2.45. The minimum Gasteiger partial charge on any atom is -0.461 e. The van der Waals surface area contributed by atoms with Crippen molar-refractivity contribution >= 4 is 11.0 Å². The normalized spacial score (nSPS) is 11.0. The highest BCUT2D eigenvalue weighted by atomic mass is 16.3. The summed E-state index contributed by atoms with van der Waals surface area (Å²) in [5, 5.41) is 1.19. The number of furan rings is 1. The van der Waals surface area contributed by atoms with Crippen molar-refractivity contribution in [1.29, 1.82) is 0 Å². The quantitative estimate of drug-likeness (QED) is 0.805. The van der Waals surface area contributed by atoms with Crippen LogP contribution in [0.3, 0.4) is 0 Å². The van der Waals surface area contributed by atoms with Crippen molar-refractivity contribution in [3.05, 3.63) is 35.6 Å². The van der Waals surface area contributed by atoms with Crippen molar-refractivity contribution in [2.24, 2.45) is 5.73 Å². The average molecular weight is 189 g/mol. The van der Waals surface area contributed by atoms with E-state index in [4.69, 9.17) is 10.2 Å². The molecular weight excluding hydrogens is 174 g/mol. The summed E-state index contributed by atoms with van der Waals surface area (Å²) in [4.78, 5) is 0. The Bertz CT molecular complexity index is 431. The second-order valence-corrected chi connectivity index (χ2v) is 3.44. The first-order valence-corrected chi connectivity index (χ1v) is 5.05. The van der Waals surface area contributed by atoms with Crippen LogP contribution < -0.4 is 5.73 Å². The van der Waals surface area contributed by atoms with Gasteiger partial charge in [0.25, 0.3) is 0 Å². The monoisotopic (exact) mass is 189 g/mol. The summed E-state index contributed by atoms with van der Waals surface area (Å²) in [6.45, 7) is 2.78. The van der Waals surface area contributed by atoms with Gasteiger partial charge in [-0.05, 0) is 24.6 Å². The molecule has 14 heavy (non-hydrogen) atoms. The molecule has 0 saturated carbocycles. The van der Waals surface area contributed by atoms with Crippen molar-refractivity contribution in [2.45, 2.75) is 19.8 Å². The Labute approximate surface area is 83.7 Å². The number of para-hydroxylation sites is 1. The largest absolute Gasteiger partial charge is 0.461 e. The van der Waals surface area contributed by atoms with Crippen molar-refractivity contribution < 1.29 is 4.42 Å². The maximum atomic E-state index is 5.75. The Morgan fingerprint density at radius 3 is 2.93 bits per heavy atom. The molecule has 2 N–H and O–H groups in total. The van der Waals surface area contributed by atoms with Gasteiger partial charge in [0.2, 0.25) is 0 Å². The number of nitrogens with two attached hydrogens (primary N) is 1. The zero-order valence-electron chi connectivity index (χ0n) is 8.42. The highest BCUT2D eigenvalue weighted by Gasteiger charge is 2.05. The average Bonchev–Trinajstić information content (AvgIpc) is 2.60. The number of benzene rings is 1. The van der Waals surface area contributed by atoms with Crippen molar-refractivity contribution in [2.75, 3.05) is 6.54 Å². The molecule has 0 radical (unpaired) electrons. The van der Waals surface area contributed by atoms with Gasteiger partial charge >= 0.3 is 0 Å². The number of rotatable bonds is 3. The summed E-state index contributed by atoms with van der Waals surface area (Å²) in [6.07, 6.45) is 1.82. The SMILES string of the molecule is CCc1cccc2cc(CCN)oc12. The van der Waals surface area contributed by atoms with Gasteiger partial charge in [-0.2, -0.15) is 0 Å². The lowest BCUT2D eigenvalue weighted by Gasteiger charge is -1.96. The van der Waals surface area contributed by atoms with E-state index in [2.05, 4.69) is 31.2 Å². The summed E-state index contributed by atoms with van der Waals surface area (Å²) in [7, 11) is 0. The lowest BCUT2D eigenvalue weighted by Crippen LogP contribution is -2.01. The Morgan fingerprint density at radius 1 is 1.36 bits per heavy atom. The maximum absolute atomic E-state index is 5.75. The Morgan fingerprint density at radius 2 is 2.21 bits per heavy atom. The number of fused-ring (bicyclic) bond motifs is 1. The molecule has 2 rings (SSSR count). The lowest BCUT2D eigenvalue weighted by atomic mass is 10.1. The van der Waals surface area contributed by atoms with Crippen LogP contribution in [0.15, 0.2) is 28.7 Å². The molecule has 2 nitrogen and oxygen atoms in total. The fraction of sp³-hybridized carbons (Fsp3) is 0.333. The van der Waals surface area contributed by atoms with E-state index in [-0.39, 0.29) is 0 Å². The van der Waals surface area contributed by atoms with Gasteiger partial charge in [0.15, 0.2) is 0 Å². The molecule has 0 aliphatic rings. The van der Waals surface area contributed by atoms with E-state index in [1.807, 2.05) is 0 Å². The molecule has 74 valence electrons. The first-order chi connectivity index (χ1) is 6.85. The van der Waals surface area contributed by atoms with Gasteiger partial charge < -0.3 is 10.2 Å². The topological polar surface area (TPSA) is 39.2 Å². The minimum atomic E-state index is 0.640. The predicted octanol–water partition coefficient (Wildman–Crippen LogP) is 2.50. The molecule has 0 unspecified atom stereocenters. The first-order valence-electron chi connectivity index (χ1n) is 5.05. The molecule has 1 aromatic heterocycles. The minimum absolute atomic E-state index is 0.640. The van der Waals surface area contributed by atoms with E-state index in [1.54, 1.807) is 0 Å². The fourth-order valence-corrected chi connectivity index (χ4v) is 1.72. The standard InChI is InChI=1S/C12H15NO/c1-2-9-4-3-5-10-8-11(6-7-13)14-12(9)10/h3-5,8H,2,6-7,13H2,1H3. The number of hydrogen-bond donors (Lipinski definition) is 1. The van der Waals surface area contributed by atoms with Crippen LogP contribution in [0.25, 0.3) is 11.0 Å². The van der Waals surface area contributed by atoms with Crippen LogP contribution in [-0.4, -0.2) is 6.54 Å². The highest BCUT2D eigenvalue weighted by Crippen LogP contribution is 2.23. The zero-order valence-corrected chi connectivity index (χ0v) is 8.42. The second kappa shape index (κ2) is 3.84. The molecule has 0 atom stereocenters. The van der Waals surface area contributed by atoms with E-state index in [9.17, 15) is 0 Å². The van der Waals surface area contributed by atoms with Crippen LogP contribution in [0.4, 0.5) is 0 Å². The number of aryl methyl sites for hydroxylation is 1. The van der Waals surface area contributed by atoms with Gasteiger partial charge in [0.1, 0.15) is 11.3 Å². The van der Waals surface area contributed by atoms with E-state index in [0.717, 1.165) is 24.2 Å². The van der Waals surface area contributed by atoms with E-state index >= 15 is 0 Å². The summed E-state index contributed by atoms with van der Waals surface area (Å²) < 4.78 is 5.75. The molecule has 0 spiro atoms. The number of hydrogen-bond acceptors (Lipinski definition) is 2. The van der Waals surface area contributed by atoms with Gasteiger partial charge in [-0.15, -0.1) is 0 Å². The summed E-state index contributed by atoms with van der Waals surface area (Å²) in [5.41, 5.74) is 7.79. The third-order valence-corrected chi connectivity index (χ3v) is 2.45. The molecule has 0 fully saturated rings. The van der Waals surface area contributed by atoms with E-state index in [1.165, 1.54) is 10.9 Å². The van der Waals surface area contributed by atoms with Gasteiger partial charge in [-0.3, -0.25) is 0 Å². The van der Waals surface area contributed by atoms with Crippen LogP contribution in [0.1, 0.15) is 18.2 Å². The smallest absolute Gasteiger partial charge is 0.137 e. The Hall–Kier alpha value is -1.28. The summed E-state index contributed by atoms with van der Waals surface area (Å²) in [6, 6.07) is 8.35. The highest BCUT2D eigenvalue weighted by molar-refractivity contribution is 5.81. The molecule has 0 amide bonds. The fourth-order valence-electron chi connectivity index (χ4n) is 1.72. The predicted molar refractivity (Wildman–Crippen MR) is 58.4 cm³/mol. The molecule has 0 aliphatic heterocycles. The summed E-state index contributed by atoms with van der Waals surface area (Å²) in [5.74, 6) is 0.989. The van der Waals surface area contributed by atoms with Crippen LogP contribution in [0.2, 0.25) is 0 Å². The second-order valence-electron chi connectivity index (χ2n) is 3.44. The third kappa shape index (κ3) is 1.53. The van der Waals surface area contributed by atoms with Crippen molar-refractivity contribution in [3.8, 4) is 0 Å². The molecule has 0 saturated heterocycles. The van der Waals surface area contributed by atoms with Gasteiger partial charge in [0, 0.05) is 11.8 Å². The zero-order chi connectivity index (χ0) is 9.97. The molecular formula is C12H15NO. The Balaban J connectivity index is 2.52. The van der Waals surface area contributed by atoms with Crippen LogP contribution in [0.5, 0.6) is 0 Å². The van der Waals surface area contributed by atoms with Crippen molar-refractivity contribution in [1.82, 2.24) is 0 Å². The first kappa shape index (κ1) is 9.28. The van der Waals surface area contributed by atoms with E-state index in [0.29, 0.717) is 6.54 Å². The molecule has 0 bridgehead atoms. The Kier molecular flexibility index (Phi) is 2.55. The van der Waals surface area contributed by atoms with Crippen LogP contribution in [-0.2, 0) is 12.8 Å². The van der Waals surface area contributed by atoms with Crippen LogP contribution >= 0.6 is 0 Å². The van der Waals surface area contributed by atoms with Gasteiger partial charge in [-0.25, -0.2) is 0 Å². The molecule has 0 aliphatic carbocycles. The van der Waals surface area contributed by atoms with Gasteiger partial charge in [-0.1, -0.05) is 25.1 Å². The molecule has 2 aromatic rings. The lowest BCUT2D eigenvalue weighted by molar-refractivity contribution is 0.547. The van der Waals surface area contributed by atoms with E-state index < -0.39 is 0 Å². The molecule has 1 heterocycles. The maximum Gasteiger partial charge on any atom is 0.137 e.